The van der Waals surface area contributed by atoms with E-state index >= 15 is 0 Å². The molecule has 2 aromatic rings. The smallest absolute Gasteiger partial charge is 0.264 e. The number of amides is 2. The molecule has 0 unspecified atom stereocenters. The third-order valence-corrected chi connectivity index (χ3v) is 3.66. The number of aryl methyl sites for hydroxylation is 1. The second-order valence-corrected chi connectivity index (χ2v) is 5.45. The van der Waals surface area contributed by atoms with Crippen LogP contribution in [-0.4, -0.2) is 30.5 Å². The molecule has 0 fully saturated rings. The van der Waals surface area contributed by atoms with Gasteiger partial charge in [0.15, 0.2) is 6.61 Å². The summed E-state index contributed by atoms with van der Waals surface area (Å²) in [7, 11) is 1.70. The number of hydrogen-bond donors (Lipinski definition) is 1. The number of nitrogens with zero attached hydrogens (tertiary/aromatic N) is 2. The maximum atomic E-state index is 12.2. The Morgan fingerprint density at radius 2 is 2.17 bits per heavy atom. The number of ether oxygens (including phenoxy) is 1. The van der Waals surface area contributed by atoms with Crippen molar-refractivity contribution in [2.75, 3.05) is 23.9 Å². The predicted octanol–water partition coefficient (Wildman–Crippen LogP) is 1.93. The molecular formula is C17H17N3O3. The van der Waals surface area contributed by atoms with Crippen LogP contribution in [0.5, 0.6) is 5.75 Å². The molecule has 0 atom stereocenters. The maximum absolute atomic E-state index is 12.2. The van der Waals surface area contributed by atoms with E-state index in [0.717, 1.165) is 16.9 Å². The normalized spacial score (nSPS) is 13.3. The number of carbonyl (C=O) groups excluding carboxylic acids is 2. The zero-order valence-electron chi connectivity index (χ0n) is 13.0. The monoisotopic (exact) mass is 311 g/mol. The van der Waals surface area contributed by atoms with Gasteiger partial charge in [-0.1, -0.05) is 6.07 Å². The fourth-order valence-corrected chi connectivity index (χ4v) is 2.44. The molecule has 0 saturated heterocycles. The number of benzene rings is 1. The fraction of sp³-hybridized carbons (Fsp3) is 0.235. The summed E-state index contributed by atoms with van der Waals surface area (Å²) in [5.74, 6) is 0.425. The van der Waals surface area contributed by atoms with E-state index in [1.807, 2.05) is 25.1 Å². The van der Waals surface area contributed by atoms with Gasteiger partial charge >= 0.3 is 0 Å². The first-order chi connectivity index (χ1) is 11.0. The van der Waals surface area contributed by atoms with E-state index in [0.29, 0.717) is 11.4 Å². The average Bonchev–Trinajstić information content (AvgIpc) is 2.51. The average molecular weight is 311 g/mol. The van der Waals surface area contributed by atoms with Gasteiger partial charge in [0.1, 0.15) is 5.75 Å². The summed E-state index contributed by atoms with van der Waals surface area (Å²) in [6.07, 6.45) is 1.87. The van der Waals surface area contributed by atoms with E-state index in [-0.39, 0.29) is 24.8 Å². The molecule has 0 radical (unpaired) electrons. The highest BCUT2D eigenvalue weighted by Crippen LogP contribution is 2.32. The molecule has 0 saturated carbocycles. The third-order valence-electron chi connectivity index (χ3n) is 3.66. The molecule has 0 spiro atoms. The number of likely N-dealkylation sites (N-methyl/N-ethyl adjacent to an activating group) is 1. The Morgan fingerprint density at radius 3 is 2.96 bits per heavy atom. The lowest BCUT2D eigenvalue weighted by Crippen LogP contribution is -2.35. The molecule has 1 aliphatic heterocycles. The van der Waals surface area contributed by atoms with Crippen LogP contribution in [0, 0.1) is 6.92 Å². The summed E-state index contributed by atoms with van der Waals surface area (Å²) in [6.45, 7) is 1.91. The molecule has 1 aromatic heterocycles. The summed E-state index contributed by atoms with van der Waals surface area (Å²) in [6, 6.07) is 8.99. The zero-order valence-corrected chi connectivity index (χ0v) is 13.0. The Kier molecular flexibility index (Phi) is 3.97. The van der Waals surface area contributed by atoms with E-state index in [1.54, 1.807) is 30.3 Å². The van der Waals surface area contributed by atoms with Crippen LogP contribution < -0.4 is 15.0 Å². The van der Waals surface area contributed by atoms with E-state index in [4.69, 9.17) is 4.74 Å². The zero-order chi connectivity index (χ0) is 16.4. The van der Waals surface area contributed by atoms with Crippen LogP contribution in [0.1, 0.15) is 11.3 Å². The molecule has 2 heterocycles. The number of carbonyl (C=O) groups is 2. The highest BCUT2D eigenvalue weighted by Gasteiger charge is 2.22. The minimum Gasteiger partial charge on any atom is -0.482 e. The molecule has 0 bridgehead atoms. The largest absolute Gasteiger partial charge is 0.482 e. The molecule has 2 amide bonds. The lowest BCUT2D eigenvalue weighted by Gasteiger charge is -2.26. The van der Waals surface area contributed by atoms with Gasteiger partial charge in [0.05, 0.1) is 12.1 Å². The quantitative estimate of drug-likeness (QED) is 0.940. The topological polar surface area (TPSA) is 71.5 Å². The molecule has 6 heteroatoms. The minimum atomic E-state index is -0.124. The van der Waals surface area contributed by atoms with Crippen molar-refractivity contribution in [1.29, 1.82) is 0 Å². The number of fused-ring (bicyclic) bond motifs is 1. The number of rotatable bonds is 3. The number of anilines is 2. The molecular weight excluding hydrogens is 294 g/mol. The summed E-state index contributed by atoms with van der Waals surface area (Å²) in [5, 5.41) is 2.84. The van der Waals surface area contributed by atoms with Crippen LogP contribution >= 0.6 is 0 Å². The van der Waals surface area contributed by atoms with Crippen molar-refractivity contribution >= 4 is 23.2 Å². The van der Waals surface area contributed by atoms with Crippen molar-refractivity contribution in [2.45, 2.75) is 13.3 Å². The number of hydrogen-bond acceptors (Lipinski definition) is 4. The Bertz CT molecular complexity index is 773. The second kappa shape index (κ2) is 6.08. The van der Waals surface area contributed by atoms with Crippen LogP contribution in [0.4, 0.5) is 11.4 Å². The summed E-state index contributed by atoms with van der Waals surface area (Å²) < 4.78 is 5.38. The van der Waals surface area contributed by atoms with Crippen molar-refractivity contribution in [3.63, 3.8) is 0 Å². The fourth-order valence-electron chi connectivity index (χ4n) is 2.44. The van der Waals surface area contributed by atoms with E-state index in [1.165, 1.54) is 0 Å². The SMILES string of the molecule is Cc1cc(NC(=O)Cc2ccc3c(c2)N(C)C(=O)CO3)ccn1. The first-order valence-corrected chi connectivity index (χ1v) is 7.28. The summed E-state index contributed by atoms with van der Waals surface area (Å²) >= 11 is 0. The lowest BCUT2D eigenvalue weighted by atomic mass is 10.1. The van der Waals surface area contributed by atoms with Crippen molar-refractivity contribution in [2.24, 2.45) is 0 Å². The minimum absolute atomic E-state index is 0.0464. The van der Waals surface area contributed by atoms with Gasteiger partial charge in [0, 0.05) is 24.6 Å². The Hall–Kier alpha value is -2.89. The van der Waals surface area contributed by atoms with Crippen LogP contribution in [0.2, 0.25) is 0 Å². The second-order valence-electron chi connectivity index (χ2n) is 5.45. The standard InChI is InChI=1S/C17H17N3O3/c1-11-7-13(5-6-18-11)19-16(21)9-12-3-4-15-14(8-12)20(2)17(22)10-23-15/h3-8H,9-10H2,1-2H3,(H,18,19,21). The number of pyridine rings is 1. The molecule has 1 N–H and O–H groups in total. The highest BCUT2D eigenvalue weighted by molar-refractivity contribution is 5.98. The third kappa shape index (κ3) is 3.31. The van der Waals surface area contributed by atoms with Crippen LogP contribution in [-0.2, 0) is 16.0 Å². The van der Waals surface area contributed by atoms with E-state index in [2.05, 4.69) is 10.3 Å². The van der Waals surface area contributed by atoms with Gasteiger partial charge in [-0.05, 0) is 36.8 Å². The van der Waals surface area contributed by atoms with Gasteiger partial charge in [-0.2, -0.15) is 0 Å². The molecule has 3 rings (SSSR count). The summed E-state index contributed by atoms with van der Waals surface area (Å²) in [5.41, 5.74) is 3.06. The lowest BCUT2D eigenvalue weighted by molar-refractivity contribution is -0.121. The van der Waals surface area contributed by atoms with Crippen molar-refractivity contribution in [3.8, 4) is 5.75 Å². The molecule has 1 aromatic carbocycles. The van der Waals surface area contributed by atoms with Crippen molar-refractivity contribution in [1.82, 2.24) is 4.98 Å². The van der Waals surface area contributed by atoms with Gasteiger partial charge in [0.25, 0.3) is 5.91 Å². The van der Waals surface area contributed by atoms with Gasteiger partial charge in [-0.3, -0.25) is 14.6 Å². The summed E-state index contributed by atoms with van der Waals surface area (Å²) in [4.78, 5) is 29.5. The predicted molar refractivity (Wildman–Crippen MR) is 86.7 cm³/mol. The molecule has 118 valence electrons. The highest BCUT2D eigenvalue weighted by atomic mass is 16.5. The number of nitrogens with one attached hydrogen (secondary N) is 1. The molecule has 1 aliphatic rings. The van der Waals surface area contributed by atoms with Gasteiger partial charge in [-0.25, -0.2) is 0 Å². The van der Waals surface area contributed by atoms with Crippen LogP contribution in [0.3, 0.4) is 0 Å². The maximum Gasteiger partial charge on any atom is 0.264 e. The first-order valence-electron chi connectivity index (χ1n) is 7.28. The molecule has 6 nitrogen and oxygen atoms in total. The molecule has 0 aliphatic carbocycles. The van der Waals surface area contributed by atoms with Crippen molar-refractivity contribution < 1.29 is 14.3 Å². The van der Waals surface area contributed by atoms with Crippen LogP contribution in [0.25, 0.3) is 0 Å². The van der Waals surface area contributed by atoms with Crippen molar-refractivity contribution in [3.05, 3.63) is 47.8 Å². The molecule has 23 heavy (non-hydrogen) atoms. The van der Waals surface area contributed by atoms with Gasteiger partial charge in [-0.15, -0.1) is 0 Å². The van der Waals surface area contributed by atoms with Crippen LogP contribution in [0.15, 0.2) is 36.5 Å². The Labute approximate surface area is 134 Å². The Morgan fingerprint density at radius 1 is 1.35 bits per heavy atom. The van der Waals surface area contributed by atoms with E-state index in [9.17, 15) is 9.59 Å². The van der Waals surface area contributed by atoms with Gasteiger partial charge in [0.2, 0.25) is 5.91 Å². The Balaban J connectivity index is 1.73. The van der Waals surface area contributed by atoms with E-state index < -0.39 is 0 Å². The van der Waals surface area contributed by atoms with Gasteiger partial charge < -0.3 is 15.0 Å². The number of aromatic nitrogens is 1. The first kappa shape index (κ1) is 15.0.